The molecule has 0 spiro atoms. The maximum Gasteiger partial charge on any atom is 0.214 e. The molecule has 2 rings (SSSR count). The highest BCUT2D eigenvalue weighted by Gasteiger charge is 2.17. The molecular formula is C13H15NO2. The van der Waals surface area contributed by atoms with Crippen LogP contribution in [-0.2, 0) is 0 Å². The number of benzene rings is 1. The number of Topliss-reactive ketones (excluding diaryl/α,β-unsaturated/α-hetero) is 1. The summed E-state index contributed by atoms with van der Waals surface area (Å²) in [5.41, 5.74) is 1.92. The minimum Gasteiger partial charge on any atom is -0.453 e. The van der Waals surface area contributed by atoms with E-state index in [1.807, 2.05) is 32.0 Å². The molecule has 0 aliphatic carbocycles. The van der Waals surface area contributed by atoms with Crippen LogP contribution in [0.3, 0.4) is 0 Å². The average Bonchev–Trinajstić information content (AvgIpc) is 2.69. The van der Waals surface area contributed by atoms with Gasteiger partial charge in [0.05, 0.1) is 6.04 Å². The summed E-state index contributed by atoms with van der Waals surface area (Å²) in [5, 5.41) is 3.89. The van der Waals surface area contributed by atoms with E-state index < -0.39 is 0 Å². The van der Waals surface area contributed by atoms with Gasteiger partial charge in [-0.2, -0.15) is 0 Å². The lowest BCUT2D eigenvalue weighted by Crippen LogP contribution is -2.30. The Morgan fingerprint density at radius 1 is 1.38 bits per heavy atom. The molecule has 0 saturated heterocycles. The van der Waals surface area contributed by atoms with Crippen molar-refractivity contribution < 1.29 is 9.21 Å². The van der Waals surface area contributed by atoms with Gasteiger partial charge in [-0.3, -0.25) is 4.79 Å². The molecule has 1 atom stereocenters. The molecule has 0 radical (unpaired) electrons. The van der Waals surface area contributed by atoms with Crippen LogP contribution < -0.4 is 5.32 Å². The largest absolute Gasteiger partial charge is 0.453 e. The van der Waals surface area contributed by atoms with Gasteiger partial charge in [0.25, 0.3) is 0 Å². The van der Waals surface area contributed by atoms with Gasteiger partial charge >= 0.3 is 0 Å². The summed E-state index contributed by atoms with van der Waals surface area (Å²) in [6.45, 7) is 3.84. The molecular weight excluding hydrogens is 202 g/mol. The molecule has 0 aliphatic rings. The van der Waals surface area contributed by atoms with Gasteiger partial charge in [-0.25, -0.2) is 0 Å². The number of nitrogens with one attached hydrogen (secondary N) is 1. The van der Waals surface area contributed by atoms with Crippen molar-refractivity contribution in [2.24, 2.45) is 0 Å². The van der Waals surface area contributed by atoms with Crippen molar-refractivity contribution in [3.8, 4) is 0 Å². The summed E-state index contributed by atoms with van der Waals surface area (Å²) in [6.07, 6.45) is 0. The smallest absolute Gasteiger partial charge is 0.214 e. The number of hydrogen-bond donors (Lipinski definition) is 1. The Labute approximate surface area is 94.4 Å². The summed E-state index contributed by atoms with van der Waals surface area (Å²) in [7, 11) is 1.76. The summed E-state index contributed by atoms with van der Waals surface area (Å²) < 4.78 is 5.52. The van der Waals surface area contributed by atoms with Gasteiger partial charge in [-0.1, -0.05) is 11.6 Å². The van der Waals surface area contributed by atoms with Crippen LogP contribution in [0.4, 0.5) is 0 Å². The van der Waals surface area contributed by atoms with Crippen molar-refractivity contribution in [2.45, 2.75) is 19.9 Å². The second-order valence-electron chi connectivity index (χ2n) is 4.03. The van der Waals surface area contributed by atoms with E-state index >= 15 is 0 Å². The molecule has 0 saturated carbocycles. The van der Waals surface area contributed by atoms with Crippen molar-refractivity contribution in [3.05, 3.63) is 35.6 Å². The van der Waals surface area contributed by atoms with Crippen LogP contribution in [0.5, 0.6) is 0 Å². The fourth-order valence-corrected chi connectivity index (χ4v) is 1.63. The first-order chi connectivity index (χ1) is 7.61. The van der Waals surface area contributed by atoms with E-state index in [-0.39, 0.29) is 11.8 Å². The molecule has 0 fully saturated rings. The number of likely N-dealkylation sites (N-methyl/N-ethyl adjacent to an activating group) is 1. The lowest BCUT2D eigenvalue weighted by atomic mass is 10.1. The van der Waals surface area contributed by atoms with Crippen molar-refractivity contribution in [3.63, 3.8) is 0 Å². The molecule has 0 bridgehead atoms. The highest BCUT2D eigenvalue weighted by molar-refractivity contribution is 6.00. The SMILES string of the molecule is CNC(C)C(=O)c1cc2cc(C)ccc2o1. The van der Waals surface area contributed by atoms with Crippen LogP contribution in [0.1, 0.15) is 23.0 Å². The van der Waals surface area contributed by atoms with Gasteiger partial charge in [0.15, 0.2) is 5.76 Å². The molecule has 1 unspecified atom stereocenters. The molecule has 1 aromatic heterocycles. The van der Waals surface area contributed by atoms with Crippen molar-refractivity contribution >= 4 is 16.8 Å². The molecule has 0 aliphatic heterocycles. The minimum atomic E-state index is -0.221. The second-order valence-corrected chi connectivity index (χ2v) is 4.03. The Morgan fingerprint density at radius 3 is 2.81 bits per heavy atom. The Balaban J connectivity index is 2.43. The third kappa shape index (κ3) is 1.86. The van der Waals surface area contributed by atoms with Gasteiger partial charge in [0.1, 0.15) is 5.58 Å². The zero-order valence-electron chi connectivity index (χ0n) is 9.70. The van der Waals surface area contributed by atoms with E-state index in [4.69, 9.17) is 4.42 Å². The van der Waals surface area contributed by atoms with Gasteiger partial charge < -0.3 is 9.73 Å². The molecule has 1 heterocycles. The van der Waals surface area contributed by atoms with E-state index in [2.05, 4.69) is 5.32 Å². The van der Waals surface area contributed by atoms with E-state index in [1.165, 1.54) is 0 Å². The summed E-state index contributed by atoms with van der Waals surface area (Å²) in [4.78, 5) is 11.9. The first-order valence-electron chi connectivity index (χ1n) is 5.33. The molecule has 1 N–H and O–H groups in total. The first-order valence-corrected chi connectivity index (χ1v) is 5.33. The number of carbonyl (C=O) groups excluding carboxylic acids is 1. The zero-order valence-corrected chi connectivity index (χ0v) is 9.70. The van der Waals surface area contributed by atoms with Crippen LogP contribution in [0.15, 0.2) is 28.7 Å². The number of ketones is 1. The number of furan rings is 1. The highest BCUT2D eigenvalue weighted by Crippen LogP contribution is 2.21. The Kier molecular flexibility index (Phi) is 2.79. The molecule has 2 aromatic rings. The Bertz CT molecular complexity index is 528. The van der Waals surface area contributed by atoms with Crippen LogP contribution >= 0.6 is 0 Å². The first kappa shape index (κ1) is 10.9. The maximum atomic E-state index is 11.9. The number of carbonyl (C=O) groups is 1. The number of aryl methyl sites for hydroxylation is 1. The summed E-state index contributed by atoms with van der Waals surface area (Å²) in [5.74, 6) is 0.402. The van der Waals surface area contributed by atoms with Crippen molar-refractivity contribution in [1.82, 2.24) is 5.32 Å². The molecule has 0 amide bonds. The van der Waals surface area contributed by atoms with Crippen molar-refractivity contribution in [2.75, 3.05) is 7.05 Å². The molecule has 3 nitrogen and oxygen atoms in total. The highest BCUT2D eigenvalue weighted by atomic mass is 16.3. The van der Waals surface area contributed by atoms with E-state index in [0.717, 1.165) is 16.5 Å². The Hall–Kier alpha value is -1.61. The monoisotopic (exact) mass is 217 g/mol. The standard InChI is InChI=1S/C13H15NO2/c1-8-4-5-11-10(6-8)7-12(16-11)13(15)9(2)14-3/h4-7,9,14H,1-3H3. The molecule has 1 aromatic carbocycles. The predicted octanol–water partition coefficient (Wildman–Crippen LogP) is 2.53. The number of hydrogen-bond acceptors (Lipinski definition) is 3. The van der Waals surface area contributed by atoms with Gasteiger partial charge in [-0.05, 0) is 39.1 Å². The fourth-order valence-electron chi connectivity index (χ4n) is 1.63. The summed E-state index contributed by atoms with van der Waals surface area (Å²) >= 11 is 0. The quantitative estimate of drug-likeness (QED) is 0.803. The molecule has 84 valence electrons. The lowest BCUT2D eigenvalue weighted by Gasteiger charge is -2.04. The average molecular weight is 217 g/mol. The lowest BCUT2D eigenvalue weighted by molar-refractivity contribution is 0.0929. The number of fused-ring (bicyclic) bond motifs is 1. The van der Waals surface area contributed by atoms with E-state index in [9.17, 15) is 4.79 Å². The normalized spacial score (nSPS) is 12.9. The summed E-state index contributed by atoms with van der Waals surface area (Å²) in [6, 6.07) is 7.47. The van der Waals surface area contributed by atoms with Gasteiger partial charge in [-0.15, -0.1) is 0 Å². The second kappa shape index (κ2) is 4.10. The Morgan fingerprint density at radius 2 is 2.12 bits per heavy atom. The third-order valence-corrected chi connectivity index (χ3v) is 2.74. The number of rotatable bonds is 3. The third-order valence-electron chi connectivity index (χ3n) is 2.74. The molecule has 3 heteroatoms. The van der Waals surface area contributed by atoms with Gasteiger partial charge in [0.2, 0.25) is 5.78 Å². The van der Waals surface area contributed by atoms with E-state index in [1.54, 1.807) is 13.1 Å². The molecule has 16 heavy (non-hydrogen) atoms. The minimum absolute atomic E-state index is 0.0173. The topological polar surface area (TPSA) is 42.2 Å². The van der Waals surface area contributed by atoms with Crippen LogP contribution in [-0.4, -0.2) is 18.9 Å². The van der Waals surface area contributed by atoms with Crippen LogP contribution in [0.2, 0.25) is 0 Å². The van der Waals surface area contributed by atoms with Gasteiger partial charge in [0, 0.05) is 5.39 Å². The van der Waals surface area contributed by atoms with Crippen LogP contribution in [0, 0.1) is 6.92 Å². The predicted molar refractivity (Wildman–Crippen MR) is 63.8 cm³/mol. The van der Waals surface area contributed by atoms with Crippen molar-refractivity contribution in [1.29, 1.82) is 0 Å². The maximum absolute atomic E-state index is 11.9. The zero-order chi connectivity index (χ0) is 11.7. The van der Waals surface area contributed by atoms with Crippen LogP contribution in [0.25, 0.3) is 11.0 Å². The fraction of sp³-hybridized carbons (Fsp3) is 0.308. The van der Waals surface area contributed by atoms with E-state index in [0.29, 0.717) is 5.76 Å².